The van der Waals surface area contributed by atoms with Gasteiger partial charge in [-0.05, 0) is 43.6 Å². The van der Waals surface area contributed by atoms with Crippen molar-refractivity contribution in [3.05, 3.63) is 34.3 Å². The van der Waals surface area contributed by atoms with Crippen molar-refractivity contribution < 1.29 is 13.0 Å². The van der Waals surface area contributed by atoms with E-state index in [2.05, 4.69) is 21.2 Å². The number of hydrogen-bond acceptors (Lipinski definition) is 3. The number of nitrogens with one attached hydrogen (secondary N) is 1. The lowest BCUT2D eigenvalue weighted by molar-refractivity contribution is 0.479. The highest BCUT2D eigenvalue weighted by atomic mass is 79.9. The molecule has 0 saturated carbocycles. The van der Waals surface area contributed by atoms with Crippen LogP contribution in [-0.2, 0) is 16.5 Å². The largest absolute Gasteiger partial charge is 0.316 e. The van der Waals surface area contributed by atoms with Crippen LogP contribution in [0, 0.1) is 0 Å². The zero-order valence-corrected chi connectivity index (χ0v) is 11.8. The average Bonchev–Trinajstić information content (AvgIpc) is 2.24. The molecule has 0 radical (unpaired) electrons. The van der Waals surface area contributed by atoms with Gasteiger partial charge in [0.1, 0.15) is 0 Å². The van der Waals surface area contributed by atoms with Gasteiger partial charge in [-0.2, -0.15) is 8.42 Å². The predicted molar refractivity (Wildman–Crippen MR) is 71.7 cm³/mol. The molecule has 0 aliphatic rings. The van der Waals surface area contributed by atoms with E-state index in [1.165, 1.54) is 5.56 Å². The van der Waals surface area contributed by atoms with Crippen molar-refractivity contribution in [2.45, 2.75) is 12.8 Å². The Balaban J connectivity index is 2.10. The predicted octanol–water partition coefficient (Wildman–Crippen LogP) is 1.86. The van der Waals surface area contributed by atoms with Gasteiger partial charge in [-0.15, -0.1) is 0 Å². The first kappa shape index (κ1) is 14.6. The van der Waals surface area contributed by atoms with Gasteiger partial charge in [0.2, 0.25) is 0 Å². The smallest absolute Gasteiger partial charge is 0.264 e. The maximum Gasteiger partial charge on any atom is 0.264 e. The monoisotopic (exact) mass is 321 g/mol. The van der Waals surface area contributed by atoms with Crippen molar-refractivity contribution in [2.75, 3.05) is 18.8 Å². The summed E-state index contributed by atoms with van der Waals surface area (Å²) < 4.78 is 30.5. The number of halogens is 1. The normalized spacial score (nSPS) is 11.6. The molecule has 0 aliphatic carbocycles. The quantitative estimate of drug-likeness (QED) is 0.594. The molecular weight excluding hydrogens is 306 g/mol. The zero-order valence-electron chi connectivity index (χ0n) is 9.39. The summed E-state index contributed by atoms with van der Waals surface area (Å²) in [5, 5.41) is 3.13. The molecule has 0 fully saturated rings. The topological polar surface area (TPSA) is 66.4 Å². The summed E-state index contributed by atoms with van der Waals surface area (Å²) in [6.07, 6.45) is 1.33. The molecule has 17 heavy (non-hydrogen) atoms. The highest BCUT2D eigenvalue weighted by Gasteiger charge is 2.02. The van der Waals surface area contributed by atoms with Gasteiger partial charge in [0.25, 0.3) is 10.1 Å². The Bertz CT molecular complexity index is 431. The van der Waals surface area contributed by atoms with Crippen molar-refractivity contribution in [1.29, 1.82) is 0 Å². The second kappa shape index (κ2) is 7.10. The lowest BCUT2D eigenvalue weighted by Gasteiger charge is -2.04. The molecule has 0 unspecified atom stereocenters. The fourth-order valence-electron chi connectivity index (χ4n) is 1.39. The fourth-order valence-corrected chi connectivity index (χ4v) is 2.16. The SMILES string of the molecule is O=S(=O)(O)CCCNCCc1ccc(Br)cc1. The summed E-state index contributed by atoms with van der Waals surface area (Å²) in [5.41, 5.74) is 1.23. The van der Waals surface area contributed by atoms with Crippen LogP contribution >= 0.6 is 15.9 Å². The van der Waals surface area contributed by atoms with Gasteiger partial charge in [0.15, 0.2) is 0 Å². The standard InChI is InChI=1S/C11H16BrNO3S/c12-11-4-2-10(3-5-11)6-8-13-7-1-9-17(14,15)16/h2-5,13H,1,6-9H2,(H,14,15,16). The molecule has 0 bridgehead atoms. The third-order valence-electron chi connectivity index (χ3n) is 2.26. The van der Waals surface area contributed by atoms with E-state index in [9.17, 15) is 8.42 Å². The van der Waals surface area contributed by atoms with Crippen molar-refractivity contribution in [3.8, 4) is 0 Å². The van der Waals surface area contributed by atoms with Crippen LogP contribution in [0.4, 0.5) is 0 Å². The van der Waals surface area contributed by atoms with Gasteiger partial charge in [-0.1, -0.05) is 28.1 Å². The zero-order chi connectivity index (χ0) is 12.7. The Labute approximate surface area is 110 Å². The molecule has 0 heterocycles. The second-order valence-corrected chi connectivity index (χ2v) is 6.25. The molecule has 0 atom stereocenters. The molecule has 0 saturated heterocycles. The molecule has 0 aliphatic heterocycles. The van der Waals surface area contributed by atoms with Crippen LogP contribution in [0.15, 0.2) is 28.7 Å². The van der Waals surface area contributed by atoms with E-state index < -0.39 is 10.1 Å². The van der Waals surface area contributed by atoms with Gasteiger partial charge < -0.3 is 5.32 Å². The van der Waals surface area contributed by atoms with Crippen LogP contribution in [0.5, 0.6) is 0 Å². The lowest BCUT2D eigenvalue weighted by Crippen LogP contribution is -2.20. The highest BCUT2D eigenvalue weighted by molar-refractivity contribution is 9.10. The third kappa shape index (κ3) is 7.49. The minimum atomic E-state index is -3.81. The lowest BCUT2D eigenvalue weighted by atomic mass is 10.1. The van der Waals surface area contributed by atoms with E-state index in [-0.39, 0.29) is 5.75 Å². The van der Waals surface area contributed by atoms with Crippen LogP contribution in [0.2, 0.25) is 0 Å². The Morgan fingerprint density at radius 3 is 2.41 bits per heavy atom. The first-order valence-corrected chi connectivity index (χ1v) is 7.78. The molecule has 1 aromatic rings. The molecule has 4 nitrogen and oxygen atoms in total. The Kier molecular flexibility index (Phi) is 6.11. The van der Waals surface area contributed by atoms with Crippen LogP contribution in [0.25, 0.3) is 0 Å². The van der Waals surface area contributed by atoms with E-state index >= 15 is 0 Å². The van der Waals surface area contributed by atoms with Crippen molar-refractivity contribution in [3.63, 3.8) is 0 Å². The molecule has 96 valence electrons. The summed E-state index contributed by atoms with van der Waals surface area (Å²) in [4.78, 5) is 0. The molecular formula is C11H16BrNO3S. The Morgan fingerprint density at radius 1 is 1.18 bits per heavy atom. The molecule has 0 amide bonds. The Hall–Kier alpha value is -0.430. The van der Waals surface area contributed by atoms with Crippen LogP contribution in [0.1, 0.15) is 12.0 Å². The van der Waals surface area contributed by atoms with Gasteiger partial charge >= 0.3 is 0 Å². The summed E-state index contributed by atoms with van der Waals surface area (Å²) in [6, 6.07) is 8.08. The van der Waals surface area contributed by atoms with Gasteiger partial charge in [0, 0.05) is 4.47 Å². The maximum atomic E-state index is 10.4. The first-order chi connectivity index (χ1) is 7.97. The van der Waals surface area contributed by atoms with E-state index in [4.69, 9.17) is 4.55 Å². The minimum Gasteiger partial charge on any atom is -0.316 e. The minimum absolute atomic E-state index is 0.182. The van der Waals surface area contributed by atoms with Crippen molar-refractivity contribution in [2.24, 2.45) is 0 Å². The van der Waals surface area contributed by atoms with Gasteiger partial charge in [0.05, 0.1) is 5.75 Å². The van der Waals surface area contributed by atoms with Crippen molar-refractivity contribution in [1.82, 2.24) is 5.32 Å². The van der Waals surface area contributed by atoms with Crippen molar-refractivity contribution >= 4 is 26.0 Å². The van der Waals surface area contributed by atoms with Crippen LogP contribution in [0.3, 0.4) is 0 Å². The average molecular weight is 322 g/mol. The number of benzene rings is 1. The van der Waals surface area contributed by atoms with Crippen LogP contribution < -0.4 is 5.32 Å². The van der Waals surface area contributed by atoms with Gasteiger partial charge in [-0.25, -0.2) is 0 Å². The molecule has 0 aromatic heterocycles. The third-order valence-corrected chi connectivity index (χ3v) is 3.59. The molecule has 0 spiro atoms. The first-order valence-electron chi connectivity index (χ1n) is 5.38. The van der Waals surface area contributed by atoms with E-state index in [0.717, 1.165) is 17.4 Å². The van der Waals surface area contributed by atoms with E-state index in [1.807, 2.05) is 24.3 Å². The number of rotatable bonds is 7. The Morgan fingerprint density at radius 2 is 1.82 bits per heavy atom. The van der Waals surface area contributed by atoms with E-state index in [1.54, 1.807) is 0 Å². The fraction of sp³-hybridized carbons (Fsp3) is 0.455. The molecule has 6 heteroatoms. The molecule has 1 aromatic carbocycles. The van der Waals surface area contributed by atoms with Crippen LogP contribution in [-0.4, -0.2) is 31.8 Å². The van der Waals surface area contributed by atoms with Gasteiger partial charge in [-0.3, -0.25) is 4.55 Å². The molecule has 1 rings (SSSR count). The summed E-state index contributed by atoms with van der Waals surface area (Å²) in [6.45, 7) is 1.39. The summed E-state index contributed by atoms with van der Waals surface area (Å²) in [5.74, 6) is -0.182. The van der Waals surface area contributed by atoms with E-state index in [0.29, 0.717) is 13.0 Å². The maximum absolute atomic E-state index is 10.4. The molecule has 2 N–H and O–H groups in total. The summed E-state index contributed by atoms with van der Waals surface area (Å²) >= 11 is 3.37. The number of hydrogen-bond donors (Lipinski definition) is 2. The second-order valence-electron chi connectivity index (χ2n) is 3.77. The summed E-state index contributed by atoms with van der Waals surface area (Å²) in [7, 11) is -3.81. The highest BCUT2D eigenvalue weighted by Crippen LogP contribution is 2.10.